The van der Waals surface area contributed by atoms with Gasteiger partial charge in [-0.15, -0.1) is 22.7 Å². The normalized spacial score (nSPS) is 13.4. The monoisotopic (exact) mass is 797 g/mol. The third-order valence-corrected chi connectivity index (χ3v) is 11.0. The van der Waals surface area contributed by atoms with Crippen LogP contribution in [0, 0.1) is 0 Å². The fourth-order valence-electron chi connectivity index (χ4n) is 5.78. The van der Waals surface area contributed by atoms with Crippen molar-refractivity contribution in [3.05, 3.63) is 114 Å². The lowest BCUT2D eigenvalue weighted by Crippen LogP contribution is -2.31. The number of aromatic nitrogens is 2. The van der Waals surface area contributed by atoms with Crippen LogP contribution in [-0.2, 0) is 13.1 Å². The van der Waals surface area contributed by atoms with Gasteiger partial charge in [0.15, 0.2) is 21.6 Å². The van der Waals surface area contributed by atoms with Crippen LogP contribution in [0.4, 0.5) is 0 Å². The number of thiazole rings is 2. The zero-order valence-electron chi connectivity index (χ0n) is 30.9. The van der Waals surface area contributed by atoms with E-state index in [2.05, 4.69) is 36.1 Å². The molecule has 17 heteroatoms. The van der Waals surface area contributed by atoms with E-state index in [0.717, 1.165) is 33.8 Å². The van der Waals surface area contributed by atoms with Crippen LogP contribution in [0.25, 0.3) is 0 Å². The zero-order valence-corrected chi connectivity index (χ0v) is 32.5. The van der Waals surface area contributed by atoms with Crippen molar-refractivity contribution in [2.24, 2.45) is 0 Å². The van der Waals surface area contributed by atoms with Crippen LogP contribution < -0.4 is 30.7 Å². The van der Waals surface area contributed by atoms with Gasteiger partial charge in [0, 0.05) is 38.3 Å². The quantitative estimate of drug-likeness (QED) is 0.107. The summed E-state index contributed by atoms with van der Waals surface area (Å²) in [5.41, 5.74) is 1.91. The number of hydrogen-bond donors (Lipinski definition) is 4. The molecule has 2 amide bonds. The van der Waals surface area contributed by atoms with Crippen molar-refractivity contribution in [1.29, 1.82) is 0 Å². The molecule has 4 aromatic rings. The molecular weight excluding hydrogens is 759 g/mol. The van der Waals surface area contributed by atoms with E-state index >= 15 is 0 Å². The first-order valence-corrected chi connectivity index (χ1v) is 19.3. The number of carbonyl (C=O) groups excluding carboxylic acids is 6. The highest BCUT2D eigenvalue weighted by atomic mass is 32.1. The van der Waals surface area contributed by atoms with Gasteiger partial charge in [0.25, 0.3) is 11.8 Å². The molecule has 2 aromatic carbocycles. The van der Waals surface area contributed by atoms with Crippen LogP contribution >= 0.6 is 22.7 Å². The van der Waals surface area contributed by atoms with Gasteiger partial charge in [-0.1, -0.05) is 24.3 Å². The van der Waals surface area contributed by atoms with Crippen molar-refractivity contribution in [3.63, 3.8) is 0 Å². The highest BCUT2D eigenvalue weighted by Gasteiger charge is 2.33. The van der Waals surface area contributed by atoms with E-state index in [0.29, 0.717) is 50.5 Å². The zero-order chi connectivity index (χ0) is 39.8. The molecule has 0 radical (unpaired) electrons. The summed E-state index contributed by atoms with van der Waals surface area (Å²) in [6, 6.07) is 14.4. The summed E-state index contributed by atoms with van der Waals surface area (Å²) >= 11 is 1.79. The number of ether oxygens (including phenoxy) is 2. The number of Topliss-reactive ketones (excluding diaryl/α,β-unsaturated/α-hetero) is 2. The molecule has 2 heterocycles. The molecule has 2 aromatic heterocycles. The second-order valence-electron chi connectivity index (χ2n) is 12.8. The van der Waals surface area contributed by atoms with E-state index in [1.54, 1.807) is 38.5 Å². The molecule has 0 atom stereocenters. The van der Waals surface area contributed by atoms with Crippen molar-refractivity contribution < 1.29 is 38.2 Å². The van der Waals surface area contributed by atoms with E-state index in [4.69, 9.17) is 9.47 Å². The second-order valence-corrected chi connectivity index (χ2v) is 14.8. The van der Waals surface area contributed by atoms with E-state index < -0.39 is 23.4 Å². The van der Waals surface area contributed by atoms with Crippen molar-refractivity contribution in [2.45, 2.75) is 25.9 Å². The molecule has 6 rings (SSSR count). The Morgan fingerprint density at radius 1 is 0.643 bits per heavy atom. The minimum atomic E-state index is -0.477. The largest absolute Gasteiger partial charge is 0.497 e. The molecule has 0 spiro atoms. The lowest BCUT2D eigenvalue weighted by molar-refractivity contribution is 0.0940. The highest BCUT2D eigenvalue weighted by Crippen LogP contribution is 2.27. The Morgan fingerprint density at radius 2 is 1.04 bits per heavy atom. The average Bonchev–Trinajstić information content (AvgIpc) is 3.88. The number of nitrogens with one attached hydrogen (secondary N) is 4. The highest BCUT2D eigenvalue weighted by molar-refractivity contribution is 7.16. The number of amides is 2. The van der Waals surface area contributed by atoms with Gasteiger partial charge in [-0.25, -0.2) is 9.97 Å². The molecule has 0 saturated carbocycles. The van der Waals surface area contributed by atoms with Gasteiger partial charge >= 0.3 is 0 Å². The molecule has 0 aliphatic heterocycles. The number of benzene rings is 2. The maximum absolute atomic E-state index is 13.1. The molecule has 0 bridgehead atoms. The SMILES string of the molecule is COc1ccc(CNC(=O)c2nc3c(s2)C(=O)C=C(NCCCN(C)CCCNC2=CC(=O)c4sc(C(=O)NCc5ccc(OC)cc5)nc4C2=O)C3=O)cc1. The van der Waals surface area contributed by atoms with Crippen LogP contribution in [0.15, 0.2) is 72.1 Å². The molecule has 0 fully saturated rings. The molecule has 2 aliphatic carbocycles. The third kappa shape index (κ3) is 9.42. The topological polar surface area (TPSA) is 198 Å². The Kier molecular flexibility index (Phi) is 12.8. The standard InChI is InChI=1S/C39H39N7O8S2/c1-46(16-4-14-40-26-18-28(47)34-30(32(26)49)44-38(55-34)36(51)42-20-22-6-10-24(53-2)11-7-22)17-5-15-41-27-19-29(48)35-31(33(27)50)45-39(56-35)37(52)43-21-23-8-12-25(54-3)13-9-23/h6-13,18-19,40-41H,4-5,14-17,20-21H2,1-3H3,(H,42,51)(H,43,52). The van der Waals surface area contributed by atoms with Crippen LogP contribution in [-0.4, -0.2) is 97.3 Å². The maximum Gasteiger partial charge on any atom is 0.280 e. The first-order chi connectivity index (χ1) is 27.0. The van der Waals surface area contributed by atoms with Gasteiger partial charge in [-0.3, -0.25) is 28.8 Å². The number of ketones is 4. The minimum Gasteiger partial charge on any atom is -0.497 e. The van der Waals surface area contributed by atoms with Crippen LogP contribution in [0.2, 0.25) is 0 Å². The lowest BCUT2D eigenvalue weighted by Gasteiger charge is -2.18. The predicted octanol–water partition coefficient (Wildman–Crippen LogP) is 3.59. The Balaban J connectivity index is 0.892. The average molecular weight is 798 g/mol. The first kappa shape index (κ1) is 39.6. The molecule has 0 saturated heterocycles. The van der Waals surface area contributed by atoms with E-state index in [-0.39, 0.29) is 67.2 Å². The van der Waals surface area contributed by atoms with Crippen molar-refractivity contribution in [1.82, 2.24) is 36.1 Å². The van der Waals surface area contributed by atoms with Crippen LogP contribution in [0.3, 0.4) is 0 Å². The molecule has 2 aliphatic rings. The summed E-state index contributed by atoms with van der Waals surface area (Å²) < 4.78 is 10.3. The van der Waals surface area contributed by atoms with Crippen molar-refractivity contribution in [2.75, 3.05) is 47.4 Å². The number of rotatable bonds is 18. The van der Waals surface area contributed by atoms with Gasteiger partial charge in [-0.05, 0) is 68.4 Å². The molecule has 56 heavy (non-hydrogen) atoms. The number of fused-ring (bicyclic) bond motifs is 2. The van der Waals surface area contributed by atoms with Crippen molar-refractivity contribution >= 4 is 57.6 Å². The van der Waals surface area contributed by atoms with Crippen molar-refractivity contribution in [3.8, 4) is 11.5 Å². The lowest BCUT2D eigenvalue weighted by atomic mass is 10.0. The van der Waals surface area contributed by atoms with E-state index in [9.17, 15) is 28.8 Å². The minimum absolute atomic E-state index is 0.0322. The fourth-order valence-corrected chi connectivity index (χ4v) is 7.56. The number of carbonyl (C=O) groups is 6. The predicted molar refractivity (Wildman–Crippen MR) is 209 cm³/mol. The number of nitrogens with zero attached hydrogens (tertiary/aromatic N) is 3. The number of hydrogen-bond acceptors (Lipinski definition) is 15. The summed E-state index contributed by atoms with van der Waals surface area (Å²) in [5, 5.41) is 11.7. The van der Waals surface area contributed by atoms with Crippen LogP contribution in [0.5, 0.6) is 11.5 Å². The van der Waals surface area contributed by atoms with Gasteiger partial charge in [0.05, 0.1) is 25.6 Å². The molecule has 290 valence electrons. The maximum atomic E-state index is 13.1. The summed E-state index contributed by atoms with van der Waals surface area (Å²) in [7, 11) is 5.08. The van der Waals surface area contributed by atoms with Gasteiger partial charge in [0.1, 0.15) is 32.6 Å². The van der Waals surface area contributed by atoms with Gasteiger partial charge < -0.3 is 35.6 Å². The Labute approximate surface area is 330 Å². The van der Waals surface area contributed by atoms with Gasteiger partial charge in [0.2, 0.25) is 11.6 Å². The summed E-state index contributed by atoms with van der Waals surface area (Å²) in [6.07, 6.45) is 3.81. The number of allylic oxidation sites excluding steroid dienone is 4. The summed E-state index contributed by atoms with van der Waals surface area (Å²) in [6.45, 7) is 2.68. The number of methoxy groups -OCH3 is 2. The Morgan fingerprint density at radius 3 is 1.41 bits per heavy atom. The Bertz CT molecular complexity index is 2070. The van der Waals surface area contributed by atoms with Gasteiger partial charge in [-0.2, -0.15) is 0 Å². The molecule has 4 N–H and O–H groups in total. The molecular formula is C39H39N7O8S2. The van der Waals surface area contributed by atoms with Crippen LogP contribution in [0.1, 0.15) is 83.9 Å². The molecule has 15 nitrogen and oxygen atoms in total. The third-order valence-electron chi connectivity index (χ3n) is 8.85. The second kappa shape index (κ2) is 18.1. The van der Waals surface area contributed by atoms with E-state index in [1.165, 1.54) is 12.2 Å². The van der Waals surface area contributed by atoms with E-state index in [1.807, 2.05) is 31.3 Å². The molecule has 0 unspecified atom stereocenters. The Hall–Kier alpha value is -6.04. The first-order valence-electron chi connectivity index (χ1n) is 17.7. The summed E-state index contributed by atoms with van der Waals surface area (Å²) in [4.78, 5) is 88.2. The summed E-state index contributed by atoms with van der Waals surface area (Å²) in [5.74, 6) is -1.21. The fraction of sp³-hybridized carbons (Fsp3) is 0.282. The smallest absolute Gasteiger partial charge is 0.280 e.